The smallest absolute Gasteiger partial charge is 0.135 e. The molecule has 84 valence electrons. The van der Waals surface area contributed by atoms with Crippen molar-refractivity contribution in [3.8, 4) is 11.3 Å². The molecule has 0 saturated heterocycles. The molecule has 2 rings (SSSR count). The van der Waals surface area contributed by atoms with Gasteiger partial charge in [0.25, 0.3) is 0 Å². The largest absolute Gasteiger partial charge is 0.461 e. The number of rotatable bonds is 4. The lowest BCUT2D eigenvalue weighted by Gasteiger charge is -1.99. The van der Waals surface area contributed by atoms with Gasteiger partial charge in [0.1, 0.15) is 11.5 Å². The lowest BCUT2D eigenvalue weighted by atomic mass is 10.2. The van der Waals surface area contributed by atoms with Gasteiger partial charge in [-0.15, -0.1) is 0 Å². The van der Waals surface area contributed by atoms with E-state index in [1.54, 1.807) is 0 Å². The van der Waals surface area contributed by atoms with Crippen LogP contribution in [-0.2, 0) is 6.42 Å². The molecule has 0 bridgehead atoms. The van der Waals surface area contributed by atoms with Gasteiger partial charge >= 0.3 is 0 Å². The third kappa shape index (κ3) is 2.46. The van der Waals surface area contributed by atoms with Gasteiger partial charge in [0.2, 0.25) is 0 Å². The number of hydrogen-bond acceptors (Lipinski definition) is 2. The molecule has 0 unspecified atom stereocenters. The van der Waals surface area contributed by atoms with Crippen LogP contribution in [0.25, 0.3) is 11.3 Å². The Morgan fingerprint density at radius 2 is 1.94 bits per heavy atom. The Morgan fingerprint density at radius 1 is 1.12 bits per heavy atom. The van der Waals surface area contributed by atoms with Gasteiger partial charge in [0.15, 0.2) is 0 Å². The van der Waals surface area contributed by atoms with E-state index in [1.807, 2.05) is 36.4 Å². The Bertz CT molecular complexity index is 462. The SMILES string of the molecule is OCCCc1ccc(-c2ccccc2Cl)o1. The first-order valence-corrected chi connectivity index (χ1v) is 5.63. The van der Waals surface area contributed by atoms with Crippen molar-refractivity contribution < 1.29 is 9.52 Å². The number of aliphatic hydroxyl groups excluding tert-OH is 1. The van der Waals surface area contributed by atoms with Crippen molar-refractivity contribution in [3.63, 3.8) is 0 Å². The Labute approximate surface area is 99.5 Å². The Kier molecular flexibility index (Phi) is 3.65. The second-order valence-corrected chi connectivity index (χ2v) is 3.98. The summed E-state index contributed by atoms with van der Waals surface area (Å²) >= 11 is 6.07. The van der Waals surface area contributed by atoms with Gasteiger partial charge < -0.3 is 9.52 Å². The van der Waals surface area contributed by atoms with Crippen molar-refractivity contribution in [3.05, 3.63) is 47.2 Å². The van der Waals surface area contributed by atoms with E-state index in [9.17, 15) is 0 Å². The molecule has 1 N–H and O–H groups in total. The first kappa shape index (κ1) is 11.2. The molecule has 0 radical (unpaired) electrons. The third-order valence-electron chi connectivity index (χ3n) is 2.38. The minimum absolute atomic E-state index is 0.183. The zero-order valence-electron chi connectivity index (χ0n) is 8.82. The van der Waals surface area contributed by atoms with Crippen LogP contribution in [0.15, 0.2) is 40.8 Å². The number of benzene rings is 1. The molecule has 2 aromatic rings. The van der Waals surface area contributed by atoms with Crippen LogP contribution in [0.3, 0.4) is 0 Å². The highest BCUT2D eigenvalue weighted by molar-refractivity contribution is 6.33. The maximum absolute atomic E-state index is 8.73. The molecule has 1 aromatic carbocycles. The summed E-state index contributed by atoms with van der Waals surface area (Å²) in [5.74, 6) is 1.66. The molecule has 0 spiro atoms. The minimum atomic E-state index is 0.183. The lowest BCUT2D eigenvalue weighted by molar-refractivity contribution is 0.284. The second kappa shape index (κ2) is 5.19. The van der Waals surface area contributed by atoms with Crippen molar-refractivity contribution in [1.82, 2.24) is 0 Å². The molecule has 1 aromatic heterocycles. The molecule has 0 amide bonds. The summed E-state index contributed by atoms with van der Waals surface area (Å²) in [7, 11) is 0. The van der Waals surface area contributed by atoms with Crippen LogP contribution in [0.4, 0.5) is 0 Å². The van der Waals surface area contributed by atoms with Crippen molar-refractivity contribution in [2.75, 3.05) is 6.61 Å². The summed E-state index contributed by atoms with van der Waals surface area (Å²) in [5, 5.41) is 9.42. The molecule has 0 aliphatic carbocycles. The normalized spacial score (nSPS) is 10.6. The van der Waals surface area contributed by atoms with Crippen LogP contribution >= 0.6 is 11.6 Å². The number of hydrogen-bond donors (Lipinski definition) is 1. The monoisotopic (exact) mass is 236 g/mol. The van der Waals surface area contributed by atoms with E-state index < -0.39 is 0 Å². The van der Waals surface area contributed by atoms with Gasteiger partial charge in [-0.1, -0.05) is 23.7 Å². The first-order chi connectivity index (χ1) is 7.81. The molecule has 0 saturated carbocycles. The van der Waals surface area contributed by atoms with E-state index in [4.69, 9.17) is 21.1 Å². The summed E-state index contributed by atoms with van der Waals surface area (Å²) < 4.78 is 5.66. The fourth-order valence-corrected chi connectivity index (χ4v) is 1.80. The van der Waals surface area contributed by atoms with E-state index in [1.165, 1.54) is 0 Å². The van der Waals surface area contributed by atoms with Gasteiger partial charge in [-0.3, -0.25) is 0 Å². The maximum atomic E-state index is 8.73. The Morgan fingerprint density at radius 3 is 2.69 bits per heavy atom. The fourth-order valence-electron chi connectivity index (χ4n) is 1.57. The van der Waals surface area contributed by atoms with Gasteiger partial charge in [-0.25, -0.2) is 0 Å². The molecule has 0 atom stereocenters. The van der Waals surface area contributed by atoms with E-state index >= 15 is 0 Å². The molecule has 0 fully saturated rings. The number of aryl methyl sites for hydroxylation is 1. The summed E-state index contributed by atoms with van der Waals surface area (Å²) in [5.41, 5.74) is 0.902. The fraction of sp³-hybridized carbons (Fsp3) is 0.231. The quantitative estimate of drug-likeness (QED) is 0.881. The van der Waals surface area contributed by atoms with Crippen LogP contribution in [0.2, 0.25) is 5.02 Å². The van der Waals surface area contributed by atoms with Crippen LogP contribution in [0.5, 0.6) is 0 Å². The second-order valence-electron chi connectivity index (χ2n) is 3.57. The predicted molar refractivity (Wildman–Crippen MR) is 64.6 cm³/mol. The molecule has 1 heterocycles. The highest BCUT2D eigenvalue weighted by Gasteiger charge is 2.07. The Balaban J connectivity index is 2.22. The molecular weight excluding hydrogens is 224 g/mol. The molecule has 0 aliphatic heterocycles. The summed E-state index contributed by atoms with van der Waals surface area (Å²) in [4.78, 5) is 0. The summed E-state index contributed by atoms with van der Waals surface area (Å²) in [6, 6.07) is 11.4. The number of aliphatic hydroxyl groups is 1. The highest BCUT2D eigenvalue weighted by atomic mass is 35.5. The van der Waals surface area contributed by atoms with Crippen LogP contribution in [0, 0.1) is 0 Å². The van der Waals surface area contributed by atoms with E-state index in [2.05, 4.69) is 0 Å². The molecular formula is C13H13ClO2. The van der Waals surface area contributed by atoms with Gasteiger partial charge in [-0.05, 0) is 30.7 Å². The average molecular weight is 237 g/mol. The van der Waals surface area contributed by atoms with Crippen molar-refractivity contribution >= 4 is 11.6 Å². The van der Waals surface area contributed by atoms with Crippen molar-refractivity contribution in [1.29, 1.82) is 0 Å². The lowest BCUT2D eigenvalue weighted by Crippen LogP contribution is -1.86. The zero-order chi connectivity index (χ0) is 11.4. The van der Waals surface area contributed by atoms with Crippen LogP contribution in [0.1, 0.15) is 12.2 Å². The predicted octanol–water partition coefficient (Wildman–Crippen LogP) is 3.52. The van der Waals surface area contributed by atoms with Crippen molar-refractivity contribution in [2.24, 2.45) is 0 Å². The van der Waals surface area contributed by atoms with Gasteiger partial charge in [-0.2, -0.15) is 0 Å². The zero-order valence-corrected chi connectivity index (χ0v) is 9.57. The highest BCUT2D eigenvalue weighted by Crippen LogP contribution is 2.29. The topological polar surface area (TPSA) is 33.4 Å². The molecule has 2 nitrogen and oxygen atoms in total. The van der Waals surface area contributed by atoms with E-state index in [0.29, 0.717) is 5.02 Å². The van der Waals surface area contributed by atoms with Gasteiger partial charge in [0.05, 0.1) is 5.02 Å². The average Bonchev–Trinajstić information content (AvgIpc) is 2.75. The van der Waals surface area contributed by atoms with Crippen LogP contribution in [-0.4, -0.2) is 11.7 Å². The van der Waals surface area contributed by atoms with E-state index in [-0.39, 0.29) is 6.61 Å². The third-order valence-corrected chi connectivity index (χ3v) is 2.71. The molecule has 16 heavy (non-hydrogen) atoms. The van der Waals surface area contributed by atoms with Crippen LogP contribution < -0.4 is 0 Å². The number of halogens is 1. The summed E-state index contributed by atoms with van der Waals surface area (Å²) in [6.07, 6.45) is 1.47. The molecule has 0 aliphatic rings. The maximum Gasteiger partial charge on any atom is 0.135 e. The minimum Gasteiger partial charge on any atom is -0.461 e. The number of furan rings is 1. The Hall–Kier alpha value is -1.25. The molecule has 3 heteroatoms. The standard InChI is InChI=1S/C13H13ClO2/c14-12-6-2-1-5-11(12)13-8-7-10(16-13)4-3-9-15/h1-2,5-8,15H,3-4,9H2. The van der Waals surface area contributed by atoms with E-state index in [0.717, 1.165) is 29.9 Å². The van der Waals surface area contributed by atoms with Crippen molar-refractivity contribution in [2.45, 2.75) is 12.8 Å². The summed E-state index contributed by atoms with van der Waals surface area (Å²) in [6.45, 7) is 0.183. The van der Waals surface area contributed by atoms with Gasteiger partial charge in [0, 0.05) is 18.6 Å². The first-order valence-electron chi connectivity index (χ1n) is 5.26.